The van der Waals surface area contributed by atoms with Gasteiger partial charge in [-0.2, -0.15) is 0 Å². The molecule has 0 bridgehead atoms. The second-order valence-electron chi connectivity index (χ2n) is 3.53. The first kappa shape index (κ1) is 9.77. The van der Waals surface area contributed by atoms with Crippen LogP contribution >= 0.6 is 0 Å². The van der Waals surface area contributed by atoms with Crippen LogP contribution in [0.3, 0.4) is 0 Å². The van der Waals surface area contributed by atoms with Crippen LogP contribution in [0, 0.1) is 6.92 Å². The van der Waals surface area contributed by atoms with E-state index in [9.17, 15) is 4.79 Å². The fourth-order valence-corrected chi connectivity index (χ4v) is 1.56. The summed E-state index contributed by atoms with van der Waals surface area (Å²) in [5.41, 5.74) is 2.98. The van der Waals surface area contributed by atoms with E-state index in [0.717, 1.165) is 11.3 Å². The van der Waals surface area contributed by atoms with Crippen molar-refractivity contribution in [1.29, 1.82) is 0 Å². The molecule has 0 saturated heterocycles. The smallest absolute Gasteiger partial charge is 0.412 e. The summed E-state index contributed by atoms with van der Waals surface area (Å²) < 4.78 is 5.04. The highest BCUT2D eigenvalue weighted by atomic mass is 16.4. The summed E-state index contributed by atoms with van der Waals surface area (Å²) >= 11 is 0. The molecular weight excluding hydrogens is 190 g/mol. The molecule has 1 aromatic carbocycles. The van der Waals surface area contributed by atoms with Gasteiger partial charge in [0.05, 0.1) is 5.69 Å². The molecule has 0 aliphatic heterocycles. The third-order valence-electron chi connectivity index (χ3n) is 2.38. The number of H-pyrrole nitrogens is 1. The lowest BCUT2D eigenvalue weighted by Crippen LogP contribution is -1.94. The van der Waals surface area contributed by atoms with Crippen LogP contribution in [-0.4, -0.2) is 4.98 Å². The molecule has 1 aromatic heterocycles. The first-order valence-corrected chi connectivity index (χ1v) is 4.99. The Morgan fingerprint density at radius 2 is 1.93 bits per heavy atom. The van der Waals surface area contributed by atoms with Crippen LogP contribution in [0.4, 0.5) is 0 Å². The van der Waals surface area contributed by atoms with Gasteiger partial charge in [-0.1, -0.05) is 36.8 Å². The molecule has 0 amide bonds. The molecule has 3 heteroatoms. The summed E-state index contributed by atoms with van der Waals surface area (Å²) in [5, 5.41) is 0. The lowest BCUT2D eigenvalue weighted by atomic mass is 10.1. The number of rotatable bonds is 2. The number of oxazole rings is 1. The molecule has 1 N–H and O–H groups in total. The standard InChI is InChI=1S/C12H13NO2/c1-3-10-11(13-12(14)15-10)9-6-4-8(2)5-7-9/h4-7H,3H2,1-2H3,(H,13,14). The highest BCUT2D eigenvalue weighted by Gasteiger charge is 2.09. The lowest BCUT2D eigenvalue weighted by Gasteiger charge is -1.99. The minimum Gasteiger partial charge on any atom is -0.412 e. The van der Waals surface area contributed by atoms with Gasteiger partial charge in [0, 0.05) is 12.0 Å². The predicted molar refractivity (Wildman–Crippen MR) is 58.9 cm³/mol. The summed E-state index contributed by atoms with van der Waals surface area (Å²) in [6, 6.07) is 7.99. The quantitative estimate of drug-likeness (QED) is 0.815. The van der Waals surface area contributed by atoms with Gasteiger partial charge in [0.25, 0.3) is 0 Å². The Morgan fingerprint density at radius 3 is 2.53 bits per heavy atom. The van der Waals surface area contributed by atoms with Crippen LogP contribution in [0.1, 0.15) is 18.2 Å². The Hall–Kier alpha value is -1.77. The Kier molecular flexibility index (Phi) is 2.46. The van der Waals surface area contributed by atoms with E-state index < -0.39 is 0 Å². The topological polar surface area (TPSA) is 46.0 Å². The zero-order valence-corrected chi connectivity index (χ0v) is 8.83. The average Bonchev–Trinajstić information content (AvgIpc) is 2.61. The number of benzene rings is 1. The van der Waals surface area contributed by atoms with E-state index in [1.54, 1.807) is 0 Å². The zero-order valence-electron chi connectivity index (χ0n) is 8.83. The van der Waals surface area contributed by atoms with Gasteiger partial charge in [-0.3, -0.25) is 4.98 Å². The number of aromatic amines is 1. The van der Waals surface area contributed by atoms with Gasteiger partial charge >= 0.3 is 5.76 Å². The van der Waals surface area contributed by atoms with Crippen molar-refractivity contribution in [2.24, 2.45) is 0 Å². The van der Waals surface area contributed by atoms with Gasteiger partial charge in [0.15, 0.2) is 0 Å². The summed E-state index contributed by atoms with van der Waals surface area (Å²) in [5.74, 6) is 0.325. The highest BCUT2D eigenvalue weighted by Crippen LogP contribution is 2.21. The molecule has 3 nitrogen and oxygen atoms in total. The van der Waals surface area contributed by atoms with Gasteiger partial charge in [-0.25, -0.2) is 4.79 Å². The van der Waals surface area contributed by atoms with Gasteiger partial charge in [0.1, 0.15) is 5.76 Å². The van der Waals surface area contributed by atoms with Crippen molar-refractivity contribution < 1.29 is 4.42 Å². The number of nitrogens with one attached hydrogen (secondary N) is 1. The van der Waals surface area contributed by atoms with Gasteiger partial charge in [-0.15, -0.1) is 0 Å². The van der Waals surface area contributed by atoms with Crippen LogP contribution < -0.4 is 5.76 Å². The molecule has 0 atom stereocenters. The normalized spacial score (nSPS) is 10.5. The molecule has 0 unspecified atom stereocenters. The predicted octanol–water partition coefficient (Wildman–Crippen LogP) is 2.51. The molecule has 2 rings (SSSR count). The van der Waals surface area contributed by atoms with Gasteiger partial charge < -0.3 is 4.42 Å². The van der Waals surface area contributed by atoms with Crippen LogP contribution in [0.2, 0.25) is 0 Å². The monoisotopic (exact) mass is 203 g/mol. The van der Waals surface area contributed by atoms with Gasteiger partial charge in [-0.05, 0) is 6.92 Å². The average molecular weight is 203 g/mol. The van der Waals surface area contributed by atoms with E-state index in [-0.39, 0.29) is 5.76 Å². The third-order valence-corrected chi connectivity index (χ3v) is 2.38. The summed E-state index contributed by atoms with van der Waals surface area (Å²) in [6.45, 7) is 3.99. The fourth-order valence-electron chi connectivity index (χ4n) is 1.56. The Morgan fingerprint density at radius 1 is 1.27 bits per heavy atom. The second-order valence-corrected chi connectivity index (χ2v) is 3.53. The number of hydrogen-bond donors (Lipinski definition) is 1. The summed E-state index contributed by atoms with van der Waals surface area (Å²) in [4.78, 5) is 13.8. The molecule has 15 heavy (non-hydrogen) atoms. The van der Waals surface area contributed by atoms with Crippen molar-refractivity contribution in [3.05, 3.63) is 46.1 Å². The largest absolute Gasteiger partial charge is 0.416 e. The molecule has 2 aromatic rings. The van der Waals surface area contributed by atoms with Crippen molar-refractivity contribution in [3.8, 4) is 11.3 Å². The van der Waals surface area contributed by atoms with E-state index >= 15 is 0 Å². The summed E-state index contributed by atoms with van der Waals surface area (Å²) in [7, 11) is 0. The van der Waals surface area contributed by atoms with Crippen molar-refractivity contribution in [2.75, 3.05) is 0 Å². The third kappa shape index (κ3) is 1.86. The molecule has 0 saturated carbocycles. The van der Waals surface area contributed by atoms with E-state index in [4.69, 9.17) is 4.42 Å². The van der Waals surface area contributed by atoms with Crippen LogP contribution in [0.15, 0.2) is 33.5 Å². The summed E-state index contributed by atoms with van der Waals surface area (Å²) in [6.07, 6.45) is 0.710. The van der Waals surface area contributed by atoms with Crippen molar-refractivity contribution >= 4 is 0 Å². The van der Waals surface area contributed by atoms with E-state index in [1.807, 2.05) is 38.1 Å². The number of hydrogen-bond acceptors (Lipinski definition) is 2. The molecule has 78 valence electrons. The molecule has 0 fully saturated rings. The maximum Gasteiger partial charge on any atom is 0.416 e. The van der Waals surface area contributed by atoms with Crippen LogP contribution in [0.5, 0.6) is 0 Å². The van der Waals surface area contributed by atoms with Crippen molar-refractivity contribution in [3.63, 3.8) is 0 Å². The fraction of sp³-hybridized carbons (Fsp3) is 0.250. The lowest BCUT2D eigenvalue weighted by molar-refractivity contribution is 0.474. The highest BCUT2D eigenvalue weighted by molar-refractivity contribution is 5.61. The Bertz CT molecular complexity index is 505. The van der Waals surface area contributed by atoms with Crippen molar-refractivity contribution in [2.45, 2.75) is 20.3 Å². The molecule has 0 aliphatic rings. The first-order chi connectivity index (χ1) is 7.20. The SMILES string of the molecule is CCc1oc(=O)[nH]c1-c1ccc(C)cc1. The van der Waals surface area contributed by atoms with Crippen molar-refractivity contribution in [1.82, 2.24) is 4.98 Å². The second kappa shape index (κ2) is 3.77. The maximum absolute atomic E-state index is 11.1. The minimum absolute atomic E-state index is 0.387. The Labute approximate surface area is 87.8 Å². The number of aromatic nitrogens is 1. The first-order valence-electron chi connectivity index (χ1n) is 4.99. The maximum atomic E-state index is 11.1. The van der Waals surface area contributed by atoms with Gasteiger partial charge in [0.2, 0.25) is 0 Å². The van der Waals surface area contributed by atoms with E-state index in [2.05, 4.69) is 4.98 Å². The van der Waals surface area contributed by atoms with E-state index in [1.165, 1.54) is 5.56 Å². The minimum atomic E-state index is -0.387. The molecule has 0 radical (unpaired) electrons. The Balaban J connectivity index is 2.53. The molecule has 0 aliphatic carbocycles. The zero-order chi connectivity index (χ0) is 10.8. The molecular formula is C12H13NO2. The van der Waals surface area contributed by atoms with Crippen LogP contribution in [-0.2, 0) is 6.42 Å². The molecule has 0 spiro atoms. The molecule has 1 heterocycles. The number of aryl methyl sites for hydroxylation is 2. The van der Waals surface area contributed by atoms with Crippen LogP contribution in [0.25, 0.3) is 11.3 Å². The van der Waals surface area contributed by atoms with E-state index in [0.29, 0.717) is 12.2 Å².